The lowest BCUT2D eigenvalue weighted by molar-refractivity contribution is 0.121. The summed E-state index contributed by atoms with van der Waals surface area (Å²) in [4.78, 5) is 9.82. The van der Waals surface area contributed by atoms with Crippen LogP contribution in [0.25, 0.3) is 0 Å². The highest BCUT2D eigenvalue weighted by atomic mass is 19.1. The first kappa shape index (κ1) is 18.3. The van der Waals surface area contributed by atoms with Gasteiger partial charge in [-0.3, -0.25) is 4.90 Å². The highest BCUT2D eigenvalue weighted by molar-refractivity contribution is 5.79. The zero-order chi connectivity index (χ0) is 18.8. The molecular weight excluding hydrogens is 339 g/mol. The van der Waals surface area contributed by atoms with E-state index in [1.807, 2.05) is 12.1 Å². The van der Waals surface area contributed by atoms with E-state index in [4.69, 9.17) is 0 Å². The van der Waals surface area contributed by atoms with Crippen LogP contribution in [0.4, 0.5) is 21.5 Å². The van der Waals surface area contributed by atoms with Gasteiger partial charge < -0.3 is 14.7 Å². The first-order valence-corrected chi connectivity index (χ1v) is 9.91. The smallest absolute Gasteiger partial charge is 0.123 e. The van der Waals surface area contributed by atoms with Gasteiger partial charge in [-0.05, 0) is 50.4 Å². The van der Waals surface area contributed by atoms with Crippen LogP contribution in [-0.4, -0.2) is 68.7 Å². The van der Waals surface area contributed by atoms with Crippen LogP contribution in [0.5, 0.6) is 0 Å². The topological polar surface area (TPSA) is 13.0 Å². The Labute approximate surface area is 161 Å². The molecule has 27 heavy (non-hydrogen) atoms. The predicted octanol–water partition coefficient (Wildman–Crippen LogP) is 3.42. The fraction of sp³-hybridized carbons (Fsp3) is 0.455. The average Bonchev–Trinajstić information content (AvgIpc) is 2.69. The molecule has 2 aliphatic heterocycles. The minimum Gasteiger partial charge on any atom is -0.367 e. The minimum absolute atomic E-state index is 0.188. The lowest BCUT2D eigenvalue weighted by Crippen LogP contribution is -2.52. The van der Waals surface area contributed by atoms with Crippen molar-refractivity contribution in [1.82, 2.24) is 9.80 Å². The predicted molar refractivity (Wildman–Crippen MR) is 111 cm³/mol. The molecule has 0 N–H and O–H groups in total. The summed E-state index contributed by atoms with van der Waals surface area (Å²) in [6.45, 7) is 9.88. The molecule has 0 radical (unpaired) electrons. The number of hydrogen-bond acceptors (Lipinski definition) is 4. The largest absolute Gasteiger partial charge is 0.367 e. The lowest BCUT2D eigenvalue weighted by Gasteiger charge is -2.43. The van der Waals surface area contributed by atoms with E-state index in [0.717, 1.165) is 51.5 Å². The van der Waals surface area contributed by atoms with Crippen LogP contribution in [0, 0.1) is 5.82 Å². The van der Waals surface area contributed by atoms with E-state index in [2.05, 4.69) is 57.8 Å². The Morgan fingerprint density at radius 2 is 1.52 bits per heavy atom. The van der Waals surface area contributed by atoms with Crippen LogP contribution in [0.1, 0.15) is 6.92 Å². The second-order valence-corrected chi connectivity index (χ2v) is 7.75. The zero-order valence-corrected chi connectivity index (χ0v) is 16.3. The standard InChI is InChI=1S/C22H29FN4/c1-18(25-13-11-24(2)12-14-25)17-26-15-16-27(20-9-7-19(23)8-10-20)22-6-4-3-5-21(22)26/h3-10,18H,11-17H2,1-2H3. The van der Waals surface area contributed by atoms with Gasteiger partial charge >= 0.3 is 0 Å². The first-order chi connectivity index (χ1) is 13.1. The first-order valence-electron chi connectivity index (χ1n) is 9.91. The van der Waals surface area contributed by atoms with Gasteiger partial charge in [-0.2, -0.15) is 0 Å². The maximum Gasteiger partial charge on any atom is 0.123 e. The molecule has 1 unspecified atom stereocenters. The molecule has 0 aliphatic carbocycles. The molecular formula is C22H29FN4. The number of benzene rings is 2. The lowest BCUT2D eigenvalue weighted by atomic mass is 10.1. The Hall–Kier alpha value is -2.11. The molecule has 1 saturated heterocycles. The van der Waals surface area contributed by atoms with Crippen molar-refractivity contribution in [3.63, 3.8) is 0 Å². The molecule has 1 atom stereocenters. The van der Waals surface area contributed by atoms with E-state index in [9.17, 15) is 4.39 Å². The minimum atomic E-state index is -0.188. The third kappa shape index (κ3) is 3.94. The molecule has 0 bridgehead atoms. The Bertz CT molecular complexity index is 755. The van der Waals surface area contributed by atoms with E-state index in [-0.39, 0.29) is 5.82 Å². The number of rotatable bonds is 4. The second-order valence-electron chi connectivity index (χ2n) is 7.75. The van der Waals surface area contributed by atoms with Gasteiger partial charge in [0.25, 0.3) is 0 Å². The fourth-order valence-electron chi connectivity index (χ4n) is 4.20. The van der Waals surface area contributed by atoms with Crippen molar-refractivity contribution >= 4 is 17.1 Å². The maximum absolute atomic E-state index is 13.3. The van der Waals surface area contributed by atoms with Crippen molar-refractivity contribution in [3.05, 3.63) is 54.3 Å². The maximum atomic E-state index is 13.3. The second kappa shape index (κ2) is 7.87. The normalized spacial score (nSPS) is 19.8. The average molecular weight is 369 g/mol. The van der Waals surface area contributed by atoms with Crippen molar-refractivity contribution in [2.75, 3.05) is 62.7 Å². The Balaban J connectivity index is 1.51. The van der Waals surface area contributed by atoms with Crippen LogP contribution in [0.15, 0.2) is 48.5 Å². The van der Waals surface area contributed by atoms with Crippen molar-refractivity contribution in [1.29, 1.82) is 0 Å². The number of halogens is 1. The van der Waals surface area contributed by atoms with Gasteiger partial charge in [0.1, 0.15) is 5.82 Å². The highest BCUT2D eigenvalue weighted by Crippen LogP contribution is 2.37. The summed E-state index contributed by atoms with van der Waals surface area (Å²) in [5, 5.41) is 0. The third-order valence-corrected chi connectivity index (χ3v) is 5.89. The van der Waals surface area contributed by atoms with Crippen molar-refractivity contribution in [2.24, 2.45) is 0 Å². The Morgan fingerprint density at radius 3 is 2.22 bits per heavy atom. The van der Waals surface area contributed by atoms with Gasteiger partial charge in [0.2, 0.25) is 0 Å². The Kier molecular flexibility index (Phi) is 5.32. The number of nitrogens with zero attached hydrogens (tertiary/aromatic N) is 4. The molecule has 0 amide bonds. The van der Waals surface area contributed by atoms with Gasteiger partial charge in [-0.25, -0.2) is 4.39 Å². The van der Waals surface area contributed by atoms with E-state index in [1.54, 1.807) is 12.1 Å². The quantitative estimate of drug-likeness (QED) is 0.820. The molecule has 5 heteroatoms. The van der Waals surface area contributed by atoms with Crippen molar-refractivity contribution in [2.45, 2.75) is 13.0 Å². The van der Waals surface area contributed by atoms with Gasteiger partial charge in [0, 0.05) is 57.5 Å². The van der Waals surface area contributed by atoms with Crippen LogP contribution in [0.3, 0.4) is 0 Å². The van der Waals surface area contributed by atoms with Crippen LogP contribution in [-0.2, 0) is 0 Å². The van der Waals surface area contributed by atoms with E-state index in [1.165, 1.54) is 11.4 Å². The molecule has 0 spiro atoms. The summed E-state index contributed by atoms with van der Waals surface area (Å²) in [5.41, 5.74) is 3.53. The number of hydrogen-bond donors (Lipinski definition) is 0. The third-order valence-electron chi connectivity index (χ3n) is 5.89. The highest BCUT2D eigenvalue weighted by Gasteiger charge is 2.26. The number of fused-ring (bicyclic) bond motifs is 1. The zero-order valence-electron chi connectivity index (χ0n) is 16.3. The van der Waals surface area contributed by atoms with Gasteiger partial charge in [-0.1, -0.05) is 12.1 Å². The molecule has 2 heterocycles. The molecule has 144 valence electrons. The monoisotopic (exact) mass is 368 g/mol. The van der Waals surface area contributed by atoms with Crippen LogP contribution in [0.2, 0.25) is 0 Å². The Morgan fingerprint density at radius 1 is 0.852 bits per heavy atom. The van der Waals surface area contributed by atoms with Gasteiger partial charge in [0.15, 0.2) is 0 Å². The number of para-hydroxylation sites is 2. The summed E-state index contributed by atoms with van der Waals surface area (Å²) >= 11 is 0. The molecule has 2 aliphatic rings. The summed E-state index contributed by atoms with van der Waals surface area (Å²) in [6, 6.07) is 15.9. The summed E-state index contributed by atoms with van der Waals surface area (Å²) in [5.74, 6) is -0.188. The summed E-state index contributed by atoms with van der Waals surface area (Å²) in [6.07, 6.45) is 0. The molecule has 0 aromatic heterocycles. The molecule has 1 fully saturated rings. The molecule has 2 aromatic carbocycles. The van der Waals surface area contributed by atoms with Gasteiger partial charge in [0.05, 0.1) is 11.4 Å². The van der Waals surface area contributed by atoms with Crippen molar-refractivity contribution < 1.29 is 4.39 Å². The van der Waals surface area contributed by atoms with Crippen LogP contribution >= 0.6 is 0 Å². The van der Waals surface area contributed by atoms with Crippen LogP contribution < -0.4 is 9.80 Å². The summed E-state index contributed by atoms with van der Waals surface area (Å²) in [7, 11) is 2.20. The van der Waals surface area contributed by atoms with Gasteiger partial charge in [-0.15, -0.1) is 0 Å². The molecule has 4 rings (SSSR count). The molecule has 4 nitrogen and oxygen atoms in total. The fourth-order valence-corrected chi connectivity index (χ4v) is 4.20. The number of likely N-dealkylation sites (N-methyl/N-ethyl adjacent to an activating group) is 1. The summed E-state index contributed by atoms with van der Waals surface area (Å²) < 4.78 is 13.3. The number of anilines is 3. The molecule has 2 aromatic rings. The van der Waals surface area contributed by atoms with Crippen molar-refractivity contribution in [3.8, 4) is 0 Å². The van der Waals surface area contributed by atoms with E-state index >= 15 is 0 Å². The number of piperazine rings is 1. The SMILES string of the molecule is CC(CN1CCN(c2ccc(F)cc2)c2ccccc21)N1CCN(C)CC1. The van der Waals surface area contributed by atoms with E-state index in [0.29, 0.717) is 6.04 Å². The molecule has 0 saturated carbocycles. The van der Waals surface area contributed by atoms with E-state index < -0.39 is 0 Å².